The third-order valence-electron chi connectivity index (χ3n) is 8.80. The molecule has 178 valence electrons. The van der Waals surface area contributed by atoms with E-state index in [1.54, 1.807) is 13.3 Å². The maximum absolute atomic E-state index is 12.5. The summed E-state index contributed by atoms with van der Waals surface area (Å²) in [5.41, 5.74) is -0.773. The van der Waals surface area contributed by atoms with Crippen LogP contribution in [0.5, 0.6) is 0 Å². The van der Waals surface area contributed by atoms with Crippen LogP contribution in [0.4, 0.5) is 0 Å². The number of aliphatic hydroxyl groups excluding tert-OH is 2. The van der Waals surface area contributed by atoms with Crippen LogP contribution in [0.1, 0.15) is 46.0 Å². The van der Waals surface area contributed by atoms with E-state index in [2.05, 4.69) is 18.2 Å². The van der Waals surface area contributed by atoms with Crippen molar-refractivity contribution in [1.82, 2.24) is 0 Å². The fourth-order valence-corrected chi connectivity index (χ4v) is 7.56. The van der Waals surface area contributed by atoms with Gasteiger partial charge in [-0.05, 0) is 69.4 Å². The Balaban J connectivity index is 1.61. The Hall–Kier alpha value is -1.27. The standard InChI is InChI=1S/C24H36NO6P/c1-22-9-7-16(25-31-14-32(3,4)30)11-15(22)5-6-17-18-8-10-24(29,20(28)13-26)23(18,2)12-19(27)21(17)22/h7,9,11,17-19,21,26-27,29H,5-6,8,10,12-14H2,1-4H3/t17?,18?,19?,21?,22-,23-,24-/m0/s1. The molecule has 0 heterocycles. The van der Waals surface area contributed by atoms with Gasteiger partial charge >= 0.3 is 0 Å². The van der Waals surface area contributed by atoms with Gasteiger partial charge in [0.15, 0.2) is 12.1 Å². The van der Waals surface area contributed by atoms with Crippen molar-refractivity contribution < 1.29 is 29.5 Å². The molecule has 4 rings (SSSR count). The molecule has 0 aromatic rings. The monoisotopic (exact) mass is 465 g/mol. The molecule has 7 nitrogen and oxygen atoms in total. The van der Waals surface area contributed by atoms with E-state index < -0.39 is 36.7 Å². The maximum Gasteiger partial charge on any atom is 0.190 e. The van der Waals surface area contributed by atoms with Crippen LogP contribution in [0.3, 0.4) is 0 Å². The summed E-state index contributed by atoms with van der Waals surface area (Å²) < 4.78 is 11.8. The van der Waals surface area contributed by atoms with Gasteiger partial charge in [-0.1, -0.05) is 30.7 Å². The first-order valence-electron chi connectivity index (χ1n) is 11.5. The van der Waals surface area contributed by atoms with E-state index >= 15 is 0 Å². The number of oxime groups is 1. The molecule has 0 spiro atoms. The van der Waals surface area contributed by atoms with Crippen LogP contribution in [0.25, 0.3) is 0 Å². The Morgan fingerprint density at radius 3 is 2.69 bits per heavy atom. The molecule has 0 radical (unpaired) electrons. The number of Topliss-reactive ketones (excluding diaryl/α,β-unsaturated/α-hetero) is 1. The van der Waals surface area contributed by atoms with Gasteiger partial charge in [-0.15, -0.1) is 0 Å². The average Bonchev–Trinajstić information content (AvgIpc) is 2.97. The lowest BCUT2D eigenvalue weighted by molar-refractivity contribution is -0.178. The Morgan fingerprint density at radius 1 is 1.31 bits per heavy atom. The predicted octanol–water partition coefficient (Wildman–Crippen LogP) is 2.94. The third kappa shape index (κ3) is 3.56. The molecule has 0 aliphatic heterocycles. The predicted molar refractivity (Wildman–Crippen MR) is 123 cm³/mol. The van der Waals surface area contributed by atoms with Gasteiger partial charge in [0.25, 0.3) is 0 Å². The van der Waals surface area contributed by atoms with Crippen LogP contribution in [0, 0.1) is 28.6 Å². The number of ketones is 1. The highest BCUT2D eigenvalue weighted by molar-refractivity contribution is 7.62. The lowest BCUT2D eigenvalue weighted by Gasteiger charge is -2.59. The number of carbonyl (C=O) groups is 1. The summed E-state index contributed by atoms with van der Waals surface area (Å²) in [6.45, 7) is 6.73. The number of nitrogens with zero attached hydrogens (tertiary/aromatic N) is 1. The van der Waals surface area contributed by atoms with E-state index in [9.17, 15) is 24.7 Å². The van der Waals surface area contributed by atoms with E-state index in [-0.39, 0.29) is 29.5 Å². The van der Waals surface area contributed by atoms with Crippen molar-refractivity contribution in [2.75, 3.05) is 26.3 Å². The summed E-state index contributed by atoms with van der Waals surface area (Å²) in [7, 11) is -2.31. The van der Waals surface area contributed by atoms with Crippen molar-refractivity contribution in [1.29, 1.82) is 0 Å². The lowest BCUT2D eigenvalue weighted by Crippen LogP contribution is -2.61. The highest BCUT2D eigenvalue weighted by Gasteiger charge is 2.67. The summed E-state index contributed by atoms with van der Waals surface area (Å²) in [6.07, 6.45) is 8.57. The van der Waals surface area contributed by atoms with Crippen LogP contribution < -0.4 is 0 Å². The highest BCUT2D eigenvalue weighted by atomic mass is 31.2. The second-order valence-corrected chi connectivity index (χ2v) is 14.5. The Labute approximate surface area is 190 Å². The summed E-state index contributed by atoms with van der Waals surface area (Å²) in [4.78, 5) is 17.8. The minimum absolute atomic E-state index is 0.0163. The number of hydrogen-bond acceptors (Lipinski definition) is 7. The van der Waals surface area contributed by atoms with E-state index in [0.29, 0.717) is 18.6 Å². The van der Waals surface area contributed by atoms with Crippen molar-refractivity contribution in [3.63, 3.8) is 0 Å². The Kier molecular flexibility index (Phi) is 5.89. The van der Waals surface area contributed by atoms with E-state index in [0.717, 1.165) is 19.3 Å². The molecule has 0 amide bonds. The van der Waals surface area contributed by atoms with Crippen molar-refractivity contribution in [3.05, 3.63) is 23.8 Å². The smallest absolute Gasteiger partial charge is 0.190 e. The summed E-state index contributed by atoms with van der Waals surface area (Å²) >= 11 is 0. The minimum Gasteiger partial charge on any atom is -0.393 e. The molecular formula is C24H36NO6P. The fourth-order valence-electron chi connectivity index (χ4n) is 7.23. The number of rotatable bonds is 5. The molecule has 3 N–H and O–H groups in total. The third-order valence-corrected chi connectivity index (χ3v) is 9.54. The normalized spacial score (nSPS) is 44.5. The number of allylic oxidation sites excluding steroid dienone is 4. The van der Waals surface area contributed by atoms with Crippen molar-refractivity contribution in [2.45, 2.75) is 57.7 Å². The zero-order valence-corrected chi connectivity index (χ0v) is 20.3. The average molecular weight is 466 g/mol. The number of hydrogen-bond donors (Lipinski definition) is 3. The van der Waals surface area contributed by atoms with Gasteiger partial charge in [-0.3, -0.25) is 4.79 Å². The molecule has 8 heteroatoms. The van der Waals surface area contributed by atoms with Gasteiger partial charge in [0.2, 0.25) is 0 Å². The lowest BCUT2D eigenvalue weighted by atomic mass is 9.46. The second-order valence-electron chi connectivity index (χ2n) is 11.1. The summed E-state index contributed by atoms with van der Waals surface area (Å²) in [5, 5.41) is 36.3. The van der Waals surface area contributed by atoms with Gasteiger partial charge in [-0.25, -0.2) is 0 Å². The van der Waals surface area contributed by atoms with Crippen LogP contribution >= 0.6 is 7.14 Å². The summed E-state index contributed by atoms with van der Waals surface area (Å²) in [5.74, 6) is -0.253. The zero-order valence-electron chi connectivity index (χ0n) is 19.5. The summed E-state index contributed by atoms with van der Waals surface area (Å²) in [6, 6.07) is 0. The first-order valence-corrected chi connectivity index (χ1v) is 14.3. The van der Waals surface area contributed by atoms with Gasteiger partial charge in [0.1, 0.15) is 25.1 Å². The van der Waals surface area contributed by atoms with E-state index in [1.165, 1.54) is 5.57 Å². The SMILES string of the molecule is C[C@]12C=CC(=NOCP(C)(C)=O)C=C1CCC1C2C(O)C[C@@]2(C)C1CC[C@]2(O)C(=O)CO. The highest BCUT2D eigenvalue weighted by Crippen LogP contribution is 2.67. The minimum atomic E-state index is -2.31. The number of aliphatic hydroxyl groups is 3. The van der Waals surface area contributed by atoms with E-state index in [1.807, 2.05) is 19.1 Å². The topological polar surface area (TPSA) is 116 Å². The largest absolute Gasteiger partial charge is 0.393 e. The zero-order chi connectivity index (χ0) is 23.5. The van der Waals surface area contributed by atoms with Crippen molar-refractivity contribution in [2.24, 2.45) is 33.7 Å². The van der Waals surface area contributed by atoms with Crippen molar-refractivity contribution in [3.8, 4) is 0 Å². The molecule has 4 aliphatic carbocycles. The molecule has 4 unspecified atom stereocenters. The maximum atomic E-state index is 12.5. The molecule has 3 saturated carbocycles. The second kappa shape index (κ2) is 7.90. The van der Waals surface area contributed by atoms with Crippen LogP contribution in [-0.2, 0) is 14.2 Å². The fraction of sp³-hybridized carbons (Fsp3) is 0.750. The Bertz CT molecular complexity index is 937. The molecule has 32 heavy (non-hydrogen) atoms. The first-order chi connectivity index (χ1) is 14.9. The van der Waals surface area contributed by atoms with Crippen LogP contribution in [0.15, 0.2) is 29.0 Å². The number of carbonyl (C=O) groups excluding carboxylic acids is 1. The van der Waals surface area contributed by atoms with E-state index in [4.69, 9.17) is 4.84 Å². The molecule has 3 fully saturated rings. The van der Waals surface area contributed by atoms with Crippen LogP contribution in [-0.4, -0.2) is 64.8 Å². The Morgan fingerprint density at radius 2 is 2.03 bits per heavy atom. The molecule has 0 aromatic carbocycles. The number of fused-ring (bicyclic) bond motifs is 5. The molecule has 7 atom stereocenters. The van der Waals surface area contributed by atoms with Gasteiger partial charge in [0.05, 0.1) is 6.10 Å². The molecule has 4 aliphatic rings. The van der Waals surface area contributed by atoms with Gasteiger partial charge in [-0.2, -0.15) is 0 Å². The molecular weight excluding hydrogens is 429 g/mol. The quantitative estimate of drug-likeness (QED) is 0.425. The van der Waals surface area contributed by atoms with Crippen LogP contribution in [0.2, 0.25) is 0 Å². The first kappa shape index (κ1) is 23.9. The molecule has 0 saturated heterocycles. The molecule has 0 aromatic heterocycles. The van der Waals surface area contributed by atoms with Gasteiger partial charge in [0, 0.05) is 16.7 Å². The van der Waals surface area contributed by atoms with Crippen molar-refractivity contribution >= 4 is 18.6 Å². The van der Waals surface area contributed by atoms with Gasteiger partial charge < -0.3 is 24.7 Å². The molecule has 0 bridgehead atoms.